The van der Waals surface area contributed by atoms with Gasteiger partial charge in [-0.05, 0) is 43.7 Å². The Hall–Kier alpha value is -0.740. The number of hydrogen-bond donors (Lipinski definition) is 1. The summed E-state index contributed by atoms with van der Waals surface area (Å²) in [6, 6.07) is 5.31. The Morgan fingerprint density at radius 3 is 2.67 bits per heavy atom. The molecule has 0 radical (unpaired) electrons. The van der Waals surface area contributed by atoms with Crippen LogP contribution in [-0.2, 0) is 0 Å². The van der Waals surface area contributed by atoms with E-state index in [0.717, 1.165) is 12.1 Å². The standard InChI is InChI=1S/C17H26FNOS/c1-13(14-7-8-15(18)16(11-14)20-2)19-12-17(21-3)9-5-4-6-10-17/h7-8,11,13,19H,4-6,9-10,12H2,1-3H3. The Morgan fingerprint density at radius 1 is 1.33 bits per heavy atom. The summed E-state index contributed by atoms with van der Waals surface area (Å²) < 4.78 is 18.9. The fraction of sp³-hybridized carbons (Fsp3) is 0.647. The molecule has 4 heteroatoms. The summed E-state index contributed by atoms with van der Waals surface area (Å²) in [5, 5.41) is 3.63. The highest BCUT2D eigenvalue weighted by molar-refractivity contribution is 8.00. The summed E-state index contributed by atoms with van der Waals surface area (Å²) in [7, 11) is 1.50. The van der Waals surface area contributed by atoms with Gasteiger partial charge in [0.2, 0.25) is 0 Å². The molecule has 0 spiro atoms. The molecule has 0 aliphatic heterocycles. The van der Waals surface area contributed by atoms with Gasteiger partial charge in [0.1, 0.15) is 0 Å². The molecule has 21 heavy (non-hydrogen) atoms. The third-order valence-electron chi connectivity index (χ3n) is 4.60. The fourth-order valence-corrected chi connectivity index (χ4v) is 3.98. The molecular formula is C17H26FNOS. The minimum absolute atomic E-state index is 0.199. The summed E-state index contributed by atoms with van der Waals surface area (Å²) in [4.78, 5) is 0. The first-order valence-electron chi connectivity index (χ1n) is 7.72. The van der Waals surface area contributed by atoms with Crippen LogP contribution in [0.15, 0.2) is 18.2 Å². The Kier molecular flexibility index (Phi) is 5.94. The summed E-state index contributed by atoms with van der Waals surface area (Å²) in [5.41, 5.74) is 1.07. The normalized spacial score (nSPS) is 19.2. The number of methoxy groups -OCH3 is 1. The molecule has 0 amide bonds. The molecule has 1 saturated carbocycles. The van der Waals surface area contributed by atoms with Gasteiger partial charge in [0.05, 0.1) is 7.11 Å². The van der Waals surface area contributed by atoms with E-state index < -0.39 is 0 Å². The third-order valence-corrected chi connectivity index (χ3v) is 6.02. The molecule has 0 bridgehead atoms. The lowest BCUT2D eigenvalue weighted by Gasteiger charge is -2.37. The lowest BCUT2D eigenvalue weighted by Crippen LogP contribution is -2.40. The van der Waals surface area contributed by atoms with E-state index in [-0.39, 0.29) is 11.9 Å². The smallest absolute Gasteiger partial charge is 0.165 e. The molecule has 2 nitrogen and oxygen atoms in total. The van der Waals surface area contributed by atoms with E-state index in [1.807, 2.05) is 17.8 Å². The first-order chi connectivity index (χ1) is 10.1. The maximum Gasteiger partial charge on any atom is 0.165 e. The minimum Gasteiger partial charge on any atom is -0.494 e. The topological polar surface area (TPSA) is 21.3 Å². The van der Waals surface area contributed by atoms with Crippen LogP contribution in [0.4, 0.5) is 4.39 Å². The molecular weight excluding hydrogens is 285 g/mol. The third kappa shape index (κ3) is 4.13. The van der Waals surface area contributed by atoms with Crippen molar-refractivity contribution in [3.63, 3.8) is 0 Å². The van der Waals surface area contributed by atoms with E-state index in [2.05, 4.69) is 18.5 Å². The highest BCUT2D eigenvalue weighted by Crippen LogP contribution is 2.38. The van der Waals surface area contributed by atoms with Gasteiger partial charge >= 0.3 is 0 Å². The Labute approximate surface area is 131 Å². The van der Waals surface area contributed by atoms with Crippen molar-refractivity contribution in [1.29, 1.82) is 0 Å². The van der Waals surface area contributed by atoms with Crippen LogP contribution in [0, 0.1) is 5.82 Å². The predicted molar refractivity (Wildman–Crippen MR) is 88.7 cm³/mol. The second-order valence-corrected chi connectivity index (χ2v) is 7.22. The maximum atomic E-state index is 13.5. The summed E-state index contributed by atoms with van der Waals surface area (Å²) in [6.45, 7) is 3.14. The molecule has 0 heterocycles. The summed E-state index contributed by atoms with van der Waals surface area (Å²) in [6.07, 6.45) is 8.84. The fourth-order valence-electron chi connectivity index (χ4n) is 3.05. The lowest BCUT2D eigenvalue weighted by atomic mass is 9.88. The van der Waals surface area contributed by atoms with Crippen LogP contribution in [0.1, 0.15) is 50.6 Å². The van der Waals surface area contributed by atoms with Crippen molar-refractivity contribution in [2.24, 2.45) is 0 Å². The number of nitrogens with one attached hydrogen (secondary N) is 1. The Balaban J connectivity index is 1.99. The molecule has 1 unspecified atom stereocenters. The zero-order valence-corrected chi connectivity index (χ0v) is 14.1. The van der Waals surface area contributed by atoms with E-state index in [9.17, 15) is 4.39 Å². The van der Waals surface area contributed by atoms with Gasteiger partial charge in [-0.1, -0.05) is 25.3 Å². The van der Waals surface area contributed by atoms with Crippen LogP contribution in [-0.4, -0.2) is 24.7 Å². The molecule has 1 N–H and O–H groups in total. The SMILES string of the molecule is COc1cc(C(C)NCC2(SC)CCCCC2)ccc1F. The van der Waals surface area contributed by atoms with Crippen LogP contribution in [0.25, 0.3) is 0 Å². The molecule has 1 aromatic rings. The molecule has 0 aromatic heterocycles. The number of ether oxygens (including phenoxy) is 1. The molecule has 1 atom stereocenters. The predicted octanol–water partition coefficient (Wildman–Crippen LogP) is 4.55. The average molecular weight is 311 g/mol. The molecule has 118 valence electrons. The van der Waals surface area contributed by atoms with Crippen molar-refractivity contribution >= 4 is 11.8 Å². The second-order valence-electron chi connectivity index (χ2n) is 5.94. The van der Waals surface area contributed by atoms with E-state index in [1.165, 1.54) is 45.3 Å². The van der Waals surface area contributed by atoms with Crippen molar-refractivity contribution in [2.75, 3.05) is 19.9 Å². The van der Waals surface area contributed by atoms with Crippen LogP contribution < -0.4 is 10.1 Å². The van der Waals surface area contributed by atoms with Gasteiger partial charge in [-0.25, -0.2) is 4.39 Å². The van der Waals surface area contributed by atoms with Gasteiger partial charge in [0, 0.05) is 17.3 Å². The van der Waals surface area contributed by atoms with E-state index in [0.29, 0.717) is 10.5 Å². The van der Waals surface area contributed by atoms with E-state index in [1.54, 1.807) is 6.07 Å². The van der Waals surface area contributed by atoms with Gasteiger partial charge in [-0.15, -0.1) is 0 Å². The van der Waals surface area contributed by atoms with Crippen molar-refractivity contribution in [3.05, 3.63) is 29.6 Å². The Morgan fingerprint density at radius 2 is 2.05 bits per heavy atom. The van der Waals surface area contributed by atoms with Crippen LogP contribution in [0.5, 0.6) is 5.75 Å². The zero-order chi connectivity index (χ0) is 15.3. The number of rotatable bonds is 6. The molecule has 1 aromatic carbocycles. The van der Waals surface area contributed by atoms with Gasteiger partial charge in [-0.2, -0.15) is 11.8 Å². The number of hydrogen-bond acceptors (Lipinski definition) is 3. The van der Waals surface area contributed by atoms with Crippen molar-refractivity contribution < 1.29 is 9.13 Å². The van der Waals surface area contributed by atoms with E-state index in [4.69, 9.17) is 4.74 Å². The molecule has 2 rings (SSSR count). The molecule has 1 aliphatic carbocycles. The van der Waals surface area contributed by atoms with E-state index >= 15 is 0 Å². The van der Waals surface area contributed by atoms with Gasteiger partial charge in [0.25, 0.3) is 0 Å². The molecule has 1 fully saturated rings. The average Bonchev–Trinajstić information content (AvgIpc) is 2.54. The quantitative estimate of drug-likeness (QED) is 0.832. The maximum absolute atomic E-state index is 13.5. The minimum atomic E-state index is -0.304. The van der Waals surface area contributed by atoms with Crippen LogP contribution in [0.2, 0.25) is 0 Å². The second kappa shape index (κ2) is 7.50. The Bertz CT molecular complexity index is 460. The zero-order valence-electron chi connectivity index (χ0n) is 13.2. The highest BCUT2D eigenvalue weighted by atomic mass is 32.2. The van der Waals surface area contributed by atoms with Gasteiger partial charge in [0.15, 0.2) is 11.6 Å². The summed E-state index contributed by atoms with van der Waals surface area (Å²) >= 11 is 1.99. The van der Waals surface area contributed by atoms with Gasteiger partial charge in [-0.3, -0.25) is 0 Å². The largest absolute Gasteiger partial charge is 0.494 e. The number of thioether (sulfide) groups is 1. The van der Waals surface area contributed by atoms with Crippen LogP contribution in [0.3, 0.4) is 0 Å². The first-order valence-corrected chi connectivity index (χ1v) is 8.95. The highest BCUT2D eigenvalue weighted by Gasteiger charge is 2.31. The summed E-state index contributed by atoms with van der Waals surface area (Å²) in [5.74, 6) is 0.0136. The molecule has 0 saturated heterocycles. The number of halogens is 1. The van der Waals surface area contributed by atoms with Crippen molar-refractivity contribution in [1.82, 2.24) is 5.32 Å². The first kappa shape index (κ1) is 16.6. The monoisotopic (exact) mass is 311 g/mol. The number of benzene rings is 1. The molecule has 1 aliphatic rings. The van der Waals surface area contributed by atoms with Crippen molar-refractivity contribution in [2.45, 2.75) is 49.8 Å². The van der Waals surface area contributed by atoms with Crippen LogP contribution >= 0.6 is 11.8 Å². The van der Waals surface area contributed by atoms with Crippen molar-refractivity contribution in [3.8, 4) is 5.75 Å². The lowest BCUT2D eigenvalue weighted by molar-refractivity contribution is 0.365. The van der Waals surface area contributed by atoms with Gasteiger partial charge < -0.3 is 10.1 Å².